The summed E-state index contributed by atoms with van der Waals surface area (Å²) in [6.45, 7) is 0.0505. The molecule has 0 saturated heterocycles. The normalized spacial score (nSPS) is 11.8. The predicted octanol–water partition coefficient (Wildman–Crippen LogP) is 2.84. The van der Waals surface area contributed by atoms with Crippen LogP contribution in [0.4, 0.5) is 5.69 Å². The first-order chi connectivity index (χ1) is 9.65. The Balaban J connectivity index is 1.99. The summed E-state index contributed by atoms with van der Waals surface area (Å²) in [7, 11) is -2.93. The molecule has 0 spiro atoms. The van der Waals surface area contributed by atoms with E-state index in [2.05, 4.69) is 9.84 Å². The van der Waals surface area contributed by atoms with Crippen LogP contribution in [0.15, 0.2) is 54.6 Å². The summed E-state index contributed by atoms with van der Waals surface area (Å²) in [5, 5.41) is 2.77. The van der Waals surface area contributed by atoms with E-state index < -0.39 is 8.25 Å². The van der Waals surface area contributed by atoms with Crippen LogP contribution in [0.2, 0.25) is 0 Å². The molecular weight excluding hydrogens is 277 g/mol. The minimum atomic E-state index is -2.93. The molecule has 0 saturated carbocycles. The Morgan fingerprint density at radius 1 is 1.10 bits per heavy atom. The van der Waals surface area contributed by atoms with Crippen LogP contribution in [0.1, 0.15) is 15.9 Å². The van der Waals surface area contributed by atoms with Gasteiger partial charge in [-0.25, -0.2) is 0 Å². The summed E-state index contributed by atoms with van der Waals surface area (Å²) >= 11 is 0. The Labute approximate surface area is 117 Å². The third-order valence-electron chi connectivity index (χ3n) is 2.61. The molecule has 0 aliphatic carbocycles. The third-order valence-corrected chi connectivity index (χ3v) is 3.00. The Morgan fingerprint density at radius 2 is 1.75 bits per heavy atom. The van der Waals surface area contributed by atoms with Gasteiger partial charge in [-0.15, -0.1) is 0 Å². The van der Waals surface area contributed by atoms with Crippen LogP contribution in [0.3, 0.4) is 0 Å². The molecule has 0 aromatic heterocycles. The molecular formula is C14H14NO4P. The van der Waals surface area contributed by atoms with Crippen molar-refractivity contribution in [1.29, 1.82) is 0 Å². The molecule has 2 N–H and O–H groups in total. The minimum absolute atomic E-state index is 0.0505. The van der Waals surface area contributed by atoms with Crippen molar-refractivity contribution in [2.75, 3.05) is 5.32 Å². The van der Waals surface area contributed by atoms with E-state index in [0.29, 0.717) is 5.56 Å². The standard InChI is InChI=1S/C14H14NO4P/c16-14(15-13-4-2-1-3-5-13)12-8-6-11(7-9-12)10-19-20(17)18/h1-9,20H,10H2,(H,15,16)(H,17,18). The van der Waals surface area contributed by atoms with Gasteiger partial charge in [-0.2, -0.15) is 0 Å². The van der Waals surface area contributed by atoms with Crippen molar-refractivity contribution in [3.05, 3.63) is 65.7 Å². The maximum Gasteiger partial charge on any atom is 0.316 e. The molecule has 0 heterocycles. The number of carbonyl (C=O) groups is 1. The molecule has 2 aromatic carbocycles. The lowest BCUT2D eigenvalue weighted by atomic mass is 10.1. The first-order valence-corrected chi connectivity index (χ1v) is 7.22. The number of anilines is 1. The summed E-state index contributed by atoms with van der Waals surface area (Å²) in [6, 6.07) is 15.8. The van der Waals surface area contributed by atoms with Gasteiger partial charge in [0.1, 0.15) is 0 Å². The first-order valence-electron chi connectivity index (χ1n) is 5.96. The number of carbonyl (C=O) groups excluding carboxylic acids is 1. The smallest absolute Gasteiger partial charge is 0.316 e. The van der Waals surface area contributed by atoms with Gasteiger partial charge in [0.05, 0.1) is 6.61 Å². The fourth-order valence-electron chi connectivity index (χ4n) is 1.62. The van der Waals surface area contributed by atoms with Gasteiger partial charge >= 0.3 is 8.25 Å². The van der Waals surface area contributed by atoms with E-state index in [9.17, 15) is 9.36 Å². The lowest BCUT2D eigenvalue weighted by Gasteiger charge is -2.06. The van der Waals surface area contributed by atoms with Crippen LogP contribution in [0.25, 0.3) is 0 Å². The van der Waals surface area contributed by atoms with Crippen LogP contribution >= 0.6 is 8.25 Å². The lowest BCUT2D eigenvalue weighted by molar-refractivity contribution is 0.102. The highest BCUT2D eigenvalue weighted by Crippen LogP contribution is 2.18. The van der Waals surface area contributed by atoms with E-state index >= 15 is 0 Å². The predicted molar refractivity (Wildman–Crippen MR) is 76.8 cm³/mol. The van der Waals surface area contributed by atoms with Crippen LogP contribution in [0.5, 0.6) is 0 Å². The zero-order valence-electron chi connectivity index (χ0n) is 10.6. The van der Waals surface area contributed by atoms with Crippen LogP contribution in [-0.4, -0.2) is 10.8 Å². The van der Waals surface area contributed by atoms with Gasteiger partial charge in [0, 0.05) is 11.3 Å². The maximum absolute atomic E-state index is 12.0. The SMILES string of the molecule is O=C(Nc1ccccc1)c1ccc(CO[PH](=O)O)cc1. The Bertz CT molecular complexity index is 598. The minimum Gasteiger partial charge on any atom is -0.326 e. The molecule has 6 heteroatoms. The third kappa shape index (κ3) is 4.31. The van der Waals surface area contributed by atoms with Gasteiger partial charge in [-0.05, 0) is 29.8 Å². The Morgan fingerprint density at radius 3 is 2.35 bits per heavy atom. The average molecular weight is 291 g/mol. The molecule has 5 nitrogen and oxygen atoms in total. The fourth-order valence-corrected chi connectivity index (χ4v) is 1.91. The number of rotatable bonds is 5. The molecule has 0 aliphatic rings. The van der Waals surface area contributed by atoms with Crippen molar-refractivity contribution in [2.45, 2.75) is 6.61 Å². The molecule has 1 atom stereocenters. The van der Waals surface area contributed by atoms with Crippen molar-refractivity contribution in [3.63, 3.8) is 0 Å². The molecule has 0 fully saturated rings. The van der Waals surface area contributed by atoms with Gasteiger partial charge in [0.25, 0.3) is 5.91 Å². The summed E-state index contributed by atoms with van der Waals surface area (Å²) in [5.41, 5.74) is 1.96. The molecule has 0 bridgehead atoms. The second-order valence-corrected chi connectivity index (χ2v) is 4.89. The summed E-state index contributed by atoms with van der Waals surface area (Å²) in [6.07, 6.45) is 0. The number of hydrogen-bond acceptors (Lipinski definition) is 3. The lowest BCUT2D eigenvalue weighted by Crippen LogP contribution is -2.11. The van der Waals surface area contributed by atoms with Crippen molar-refractivity contribution in [3.8, 4) is 0 Å². The van der Waals surface area contributed by atoms with E-state index in [-0.39, 0.29) is 12.5 Å². The second-order valence-electron chi connectivity index (χ2n) is 4.07. The Hall–Kier alpha value is -1.94. The van der Waals surface area contributed by atoms with Crippen molar-refractivity contribution < 1.29 is 18.8 Å². The first kappa shape index (κ1) is 14.5. The van der Waals surface area contributed by atoms with E-state index in [1.165, 1.54) is 0 Å². The molecule has 2 rings (SSSR count). The number of hydrogen-bond donors (Lipinski definition) is 2. The fraction of sp³-hybridized carbons (Fsp3) is 0.0714. The molecule has 1 amide bonds. The van der Waals surface area contributed by atoms with E-state index in [0.717, 1.165) is 11.3 Å². The quantitative estimate of drug-likeness (QED) is 0.831. The van der Waals surface area contributed by atoms with Gasteiger partial charge in [-0.1, -0.05) is 30.3 Å². The molecule has 0 radical (unpaired) electrons. The summed E-state index contributed by atoms with van der Waals surface area (Å²) < 4.78 is 15.1. The van der Waals surface area contributed by atoms with E-state index in [1.807, 2.05) is 18.2 Å². The van der Waals surface area contributed by atoms with E-state index in [4.69, 9.17) is 4.89 Å². The molecule has 2 aromatic rings. The Kier molecular flexibility index (Phi) is 5.07. The highest BCUT2D eigenvalue weighted by atomic mass is 31.1. The number of benzene rings is 2. The van der Waals surface area contributed by atoms with Gasteiger partial charge < -0.3 is 14.7 Å². The van der Waals surface area contributed by atoms with Crippen LogP contribution in [0, 0.1) is 0 Å². The highest BCUT2D eigenvalue weighted by molar-refractivity contribution is 7.32. The summed E-state index contributed by atoms with van der Waals surface area (Å²) in [5.74, 6) is -0.209. The van der Waals surface area contributed by atoms with Crippen LogP contribution in [-0.2, 0) is 15.7 Å². The molecule has 1 unspecified atom stereocenters. The topological polar surface area (TPSA) is 75.6 Å². The number of amides is 1. The number of para-hydroxylation sites is 1. The highest BCUT2D eigenvalue weighted by Gasteiger charge is 2.06. The molecule has 104 valence electrons. The van der Waals surface area contributed by atoms with Crippen LogP contribution < -0.4 is 5.32 Å². The van der Waals surface area contributed by atoms with Crippen molar-refractivity contribution >= 4 is 19.8 Å². The van der Waals surface area contributed by atoms with Gasteiger partial charge in [0.15, 0.2) is 0 Å². The van der Waals surface area contributed by atoms with Crippen molar-refractivity contribution in [2.24, 2.45) is 0 Å². The number of nitrogens with one attached hydrogen (secondary N) is 1. The largest absolute Gasteiger partial charge is 0.326 e. The van der Waals surface area contributed by atoms with Crippen molar-refractivity contribution in [1.82, 2.24) is 0 Å². The molecule has 0 aliphatic heterocycles. The monoisotopic (exact) mass is 291 g/mol. The van der Waals surface area contributed by atoms with Gasteiger partial charge in [0.2, 0.25) is 0 Å². The summed E-state index contributed by atoms with van der Waals surface area (Å²) in [4.78, 5) is 20.5. The zero-order valence-corrected chi connectivity index (χ0v) is 11.6. The average Bonchev–Trinajstić information content (AvgIpc) is 2.46. The second kappa shape index (κ2) is 7.01. The molecule has 20 heavy (non-hydrogen) atoms. The zero-order chi connectivity index (χ0) is 14.4. The maximum atomic E-state index is 12.0. The van der Waals surface area contributed by atoms with Gasteiger partial charge in [-0.3, -0.25) is 9.36 Å². The van der Waals surface area contributed by atoms with E-state index in [1.54, 1.807) is 36.4 Å².